The Balaban J connectivity index is 1.91. The molecule has 1 radical (unpaired) electrons. The predicted octanol–water partition coefficient (Wildman–Crippen LogP) is 2.19. The third kappa shape index (κ3) is 4.07. The molecule has 2 heteroatoms. The van der Waals surface area contributed by atoms with Crippen molar-refractivity contribution in [3.05, 3.63) is 5.92 Å². The third-order valence-electron chi connectivity index (χ3n) is 2.30. The van der Waals surface area contributed by atoms with Crippen molar-refractivity contribution in [3.8, 4) is 0 Å². The van der Waals surface area contributed by atoms with E-state index in [1.165, 1.54) is 32.1 Å². The first-order valence-electron chi connectivity index (χ1n) is 4.83. The number of ether oxygens (including phenoxy) is 2. The molecule has 12 heavy (non-hydrogen) atoms. The highest BCUT2D eigenvalue weighted by Crippen LogP contribution is 2.25. The Morgan fingerprint density at radius 1 is 1.08 bits per heavy atom. The molecule has 0 N–H and O–H groups in total. The van der Waals surface area contributed by atoms with E-state index in [1.807, 2.05) is 0 Å². The summed E-state index contributed by atoms with van der Waals surface area (Å²) >= 11 is 0. The molecular weight excluding hydrogens is 152 g/mol. The van der Waals surface area contributed by atoms with Crippen molar-refractivity contribution in [2.45, 2.75) is 32.1 Å². The van der Waals surface area contributed by atoms with E-state index in [2.05, 4.69) is 0 Å². The molecule has 0 saturated heterocycles. The van der Waals surface area contributed by atoms with Crippen molar-refractivity contribution in [1.29, 1.82) is 0 Å². The summed E-state index contributed by atoms with van der Waals surface area (Å²) in [5.74, 6) is 1.59. The summed E-state index contributed by atoms with van der Waals surface area (Å²) in [5.41, 5.74) is 0. The van der Waals surface area contributed by atoms with Crippen LogP contribution in [0.1, 0.15) is 32.1 Å². The van der Waals surface area contributed by atoms with Gasteiger partial charge in [-0.3, -0.25) is 0 Å². The minimum absolute atomic E-state index is 0.716. The summed E-state index contributed by atoms with van der Waals surface area (Å²) in [6.07, 6.45) is 6.70. The van der Waals surface area contributed by atoms with Gasteiger partial charge in [0, 0.05) is 13.0 Å². The maximum Gasteiger partial charge on any atom is 0.0700 e. The fourth-order valence-electron chi connectivity index (χ4n) is 1.55. The highest BCUT2D eigenvalue weighted by atomic mass is 16.5. The van der Waals surface area contributed by atoms with E-state index in [-0.39, 0.29) is 0 Å². The van der Waals surface area contributed by atoms with Crippen LogP contribution in [0.2, 0.25) is 0 Å². The Labute approximate surface area is 75.2 Å². The van der Waals surface area contributed by atoms with Crippen molar-refractivity contribution in [2.75, 3.05) is 26.9 Å². The maximum absolute atomic E-state index is 5.45. The second-order valence-corrected chi connectivity index (χ2v) is 3.36. The second-order valence-electron chi connectivity index (χ2n) is 3.36. The van der Waals surface area contributed by atoms with E-state index in [4.69, 9.17) is 9.47 Å². The van der Waals surface area contributed by atoms with Crippen LogP contribution in [-0.4, -0.2) is 26.9 Å². The van der Waals surface area contributed by atoms with Crippen LogP contribution >= 0.6 is 0 Å². The van der Waals surface area contributed by atoms with Gasteiger partial charge in [0.1, 0.15) is 0 Å². The second kappa shape index (κ2) is 6.44. The molecule has 2 nitrogen and oxygen atoms in total. The van der Waals surface area contributed by atoms with E-state index < -0.39 is 0 Å². The average molecular weight is 171 g/mol. The molecule has 0 spiro atoms. The molecule has 0 aromatic rings. The summed E-state index contributed by atoms with van der Waals surface area (Å²) < 4.78 is 10.3. The van der Waals surface area contributed by atoms with Gasteiger partial charge in [-0.2, -0.15) is 0 Å². The predicted molar refractivity (Wildman–Crippen MR) is 49.0 cm³/mol. The summed E-state index contributed by atoms with van der Waals surface area (Å²) in [7, 11) is 1.71. The largest absolute Gasteiger partial charge is 0.382 e. The zero-order valence-electron chi connectivity index (χ0n) is 7.97. The van der Waals surface area contributed by atoms with E-state index in [9.17, 15) is 0 Å². The Kier molecular flexibility index (Phi) is 5.37. The molecule has 1 aliphatic rings. The first-order chi connectivity index (χ1) is 5.93. The van der Waals surface area contributed by atoms with Crippen LogP contribution in [-0.2, 0) is 9.47 Å². The summed E-state index contributed by atoms with van der Waals surface area (Å²) in [6, 6.07) is 0. The van der Waals surface area contributed by atoms with Crippen LogP contribution < -0.4 is 0 Å². The lowest BCUT2D eigenvalue weighted by molar-refractivity contribution is 0.0719. The number of rotatable bonds is 5. The minimum Gasteiger partial charge on any atom is -0.382 e. The zero-order chi connectivity index (χ0) is 8.65. The molecule has 71 valence electrons. The molecule has 0 heterocycles. The Bertz CT molecular complexity index is 98.0. The van der Waals surface area contributed by atoms with Crippen LogP contribution in [0.25, 0.3) is 0 Å². The Hall–Kier alpha value is -0.0800. The van der Waals surface area contributed by atoms with Crippen LogP contribution in [0, 0.1) is 5.92 Å². The van der Waals surface area contributed by atoms with Gasteiger partial charge in [0.2, 0.25) is 0 Å². The molecule has 0 bridgehead atoms. The van der Waals surface area contributed by atoms with Gasteiger partial charge in [0.15, 0.2) is 0 Å². The Morgan fingerprint density at radius 2 is 1.83 bits per heavy atom. The number of methoxy groups -OCH3 is 1. The standard InChI is InChI=1S/C10H19O2/c1-11-7-8-12-9-10-5-3-2-4-6-10/h2-9H2,1H3. The fourth-order valence-corrected chi connectivity index (χ4v) is 1.55. The molecule has 0 aromatic carbocycles. The van der Waals surface area contributed by atoms with Crippen molar-refractivity contribution in [2.24, 2.45) is 0 Å². The molecular formula is C10H19O2. The van der Waals surface area contributed by atoms with Gasteiger partial charge in [-0.25, -0.2) is 0 Å². The van der Waals surface area contributed by atoms with Gasteiger partial charge < -0.3 is 9.47 Å². The van der Waals surface area contributed by atoms with E-state index in [0.29, 0.717) is 6.61 Å². The van der Waals surface area contributed by atoms with E-state index >= 15 is 0 Å². The molecule has 0 unspecified atom stereocenters. The number of hydrogen-bond donors (Lipinski definition) is 0. The molecule has 1 rings (SSSR count). The summed E-state index contributed by atoms with van der Waals surface area (Å²) in [4.78, 5) is 0. The van der Waals surface area contributed by atoms with Crippen LogP contribution in [0.15, 0.2) is 0 Å². The van der Waals surface area contributed by atoms with Crippen LogP contribution in [0.3, 0.4) is 0 Å². The highest BCUT2D eigenvalue weighted by Gasteiger charge is 2.13. The minimum atomic E-state index is 0.716. The van der Waals surface area contributed by atoms with Gasteiger partial charge in [-0.15, -0.1) is 0 Å². The Morgan fingerprint density at radius 3 is 2.50 bits per heavy atom. The lowest BCUT2D eigenvalue weighted by Gasteiger charge is -2.20. The van der Waals surface area contributed by atoms with Gasteiger partial charge in [0.25, 0.3) is 0 Å². The van der Waals surface area contributed by atoms with Crippen molar-refractivity contribution < 1.29 is 9.47 Å². The van der Waals surface area contributed by atoms with Crippen LogP contribution in [0.5, 0.6) is 0 Å². The van der Waals surface area contributed by atoms with Crippen molar-refractivity contribution in [1.82, 2.24) is 0 Å². The lowest BCUT2D eigenvalue weighted by Crippen LogP contribution is -2.13. The molecule has 1 fully saturated rings. The monoisotopic (exact) mass is 171 g/mol. The number of hydrogen-bond acceptors (Lipinski definition) is 2. The maximum atomic E-state index is 5.45. The van der Waals surface area contributed by atoms with E-state index in [0.717, 1.165) is 13.2 Å². The van der Waals surface area contributed by atoms with Gasteiger partial charge in [0.05, 0.1) is 19.8 Å². The van der Waals surface area contributed by atoms with E-state index in [1.54, 1.807) is 13.0 Å². The molecule has 0 aliphatic heterocycles. The third-order valence-corrected chi connectivity index (χ3v) is 2.30. The van der Waals surface area contributed by atoms with Crippen LogP contribution in [0.4, 0.5) is 0 Å². The van der Waals surface area contributed by atoms with Gasteiger partial charge in [-0.1, -0.05) is 19.3 Å². The molecule has 1 aliphatic carbocycles. The highest BCUT2D eigenvalue weighted by molar-refractivity contribution is 4.92. The fraction of sp³-hybridized carbons (Fsp3) is 0.900. The first-order valence-corrected chi connectivity index (χ1v) is 4.83. The summed E-state index contributed by atoms with van der Waals surface area (Å²) in [6.45, 7) is 2.32. The summed E-state index contributed by atoms with van der Waals surface area (Å²) in [5, 5.41) is 0. The van der Waals surface area contributed by atoms with Crippen molar-refractivity contribution >= 4 is 0 Å². The average Bonchev–Trinajstić information content (AvgIpc) is 2.14. The zero-order valence-corrected chi connectivity index (χ0v) is 7.97. The SMILES string of the molecule is COCCOC[C]1CCCCC1. The smallest absolute Gasteiger partial charge is 0.0700 e. The first kappa shape index (κ1) is 10.0. The van der Waals surface area contributed by atoms with Crippen molar-refractivity contribution in [3.63, 3.8) is 0 Å². The topological polar surface area (TPSA) is 18.5 Å². The lowest BCUT2D eigenvalue weighted by atomic mass is 9.90. The molecule has 1 saturated carbocycles. The van der Waals surface area contributed by atoms with Gasteiger partial charge >= 0.3 is 0 Å². The normalized spacial score (nSPS) is 19.8. The molecule has 0 atom stereocenters. The molecule has 0 amide bonds. The quantitative estimate of drug-likeness (QED) is 0.590. The van der Waals surface area contributed by atoms with Gasteiger partial charge in [-0.05, 0) is 12.8 Å². The molecule has 0 aromatic heterocycles.